The van der Waals surface area contributed by atoms with Gasteiger partial charge in [0.05, 0.1) is 0 Å². The molecule has 2 aliphatic rings. The molecular weight excluding hydrogens is 363 g/mol. The quantitative estimate of drug-likeness (QED) is 0.840. The lowest BCUT2D eigenvalue weighted by Gasteiger charge is -2.36. The standard InChI is InChI=1S/C20H23FN4O3/c1-24(19-9-10-22-25(19)14-5-3-2-4-6-14)20(27)16-12-18(28-23-16)13-7-8-15(21)17(26)11-13/h7-9,11-12,14,22,26H,2-6,10H2,1H3. The summed E-state index contributed by atoms with van der Waals surface area (Å²) in [7, 11) is 1.72. The van der Waals surface area contributed by atoms with Crippen molar-refractivity contribution in [2.24, 2.45) is 0 Å². The number of amides is 1. The minimum absolute atomic E-state index is 0.151. The van der Waals surface area contributed by atoms with Crippen LogP contribution in [0.2, 0.25) is 0 Å². The fraction of sp³-hybridized carbons (Fsp3) is 0.400. The summed E-state index contributed by atoms with van der Waals surface area (Å²) in [6.45, 7) is 0.683. The molecular formula is C20H23FN4O3. The summed E-state index contributed by atoms with van der Waals surface area (Å²) in [6.07, 6.45) is 7.86. The monoisotopic (exact) mass is 386 g/mol. The van der Waals surface area contributed by atoms with E-state index >= 15 is 0 Å². The number of hydrazine groups is 1. The number of rotatable bonds is 4. The van der Waals surface area contributed by atoms with Crippen LogP contribution >= 0.6 is 0 Å². The summed E-state index contributed by atoms with van der Waals surface area (Å²) in [4.78, 5) is 14.5. The van der Waals surface area contributed by atoms with Gasteiger partial charge >= 0.3 is 0 Å². The number of benzene rings is 1. The molecule has 2 N–H and O–H groups in total. The van der Waals surface area contributed by atoms with Crippen molar-refractivity contribution >= 4 is 5.91 Å². The summed E-state index contributed by atoms with van der Waals surface area (Å²) in [6, 6.07) is 5.72. The molecule has 1 aromatic heterocycles. The lowest BCUT2D eigenvalue weighted by molar-refractivity contribution is 0.0696. The Balaban J connectivity index is 1.51. The van der Waals surface area contributed by atoms with Gasteiger partial charge in [0.1, 0.15) is 5.82 Å². The fourth-order valence-corrected chi connectivity index (χ4v) is 3.82. The summed E-state index contributed by atoms with van der Waals surface area (Å²) in [5, 5.41) is 15.5. The highest BCUT2D eigenvalue weighted by Gasteiger charge is 2.31. The predicted octanol–water partition coefficient (Wildman–Crippen LogP) is 3.25. The number of phenols is 1. The van der Waals surface area contributed by atoms with Crippen LogP contribution in [0.1, 0.15) is 42.6 Å². The van der Waals surface area contributed by atoms with Crippen molar-refractivity contribution in [2.75, 3.05) is 13.6 Å². The van der Waals surface area contributed by atoms with Gasteiger partial charge in [-0.05, 0) is 37.1 Å². The van der Waals surface area contributed by atoms with Gasteiger partial charge in [0.25, 0.3) is 5.91 Å². The van der Waals surface area contributed by atoms with Crippen molar-refractivity contribution in [3.05, 3.63) is 47.7 Å². The molecule has 7 nitrogen and oxygen atoms in total. The average Bonchev–Trinajstić information content (AvgIpc) is 3.39. The number of hydrogen-bond donors (Lipinski definition) is 2. The third kappa shape index (κ3) is 3.47. The van der Waals surface area contributed by atoms with E-state index in [-0.39, 0.29) is 17.4 Å². The molecule has 1 aromatic carbocycles. The summed E-state index contributed by atoms with van der Waals surface area (Å²) >= 11 is 0. The number of aromatic hydroxyl groups is 1. The maximum atomic E-state index is 13.2. The Labute approximate surface area is 162 Å². The van der Waals surface area contributed by atoms with Crippen LogP contribution in [0.3, 0.4) is 0 Å². The van der Waals surface area contributed by atoms with Crippen molar-refractivity contribution in [2.45, 2.75) is 38.1 Å². The Kier molecular flexibility index (Phi) is 5.04. The van der Waals surface area contributed by atoms with Crippen molar-refractivity contribution in [3.63, 3.8) is 0 Å². The second-order valence-electron chi connectivity index (χ2n) is 7.19. The van der Waals surface area contributed by atoms with Crippen LogP contribution < -0.4 is 5.43 Å². The van der Waals surface area contributed by atoms with Gasteiger partial charge in [-0.25, -0.2) is 9.82 Å². The molecule has 0 radical (unpaired) electrons. The van der Waals surface area contributed by atoms with E-state index in [0.717, 1.165) is 24.7 Å². The van der Waals surface area contributed by atoms with E-state index in [1.807, 2.05) is 6.08 Å². The number of hydrogen-bond acceptors (Lipinski definition) is 6. The first kappa shape index (κ1) is 18.5. The number of phenolic OH excluding ortho intramolecular Hbond substituents is 1. The third-order valence-electron chi connectivity index (χ3n) is 5.34. The Bertz CT molecular complexity index is 905. The molecule has 1 saturated carbocycles. The van der Waals surface area contributed by atoms with E-state index in [1.54, 1.807) is 11.9 Å². The van der Waals surface area contributed by atoms with Gasteiger partial charge < -0.3 is 9.63 Å². The molecule has 0 bridgehead atoms. The largest absolute Gasteiger partial charge is 0.505 e. The minimum atomic E-state index is -0.720. The normalized spacial score (nSPS) is 17.6. The highest BCUT2D eigenvalue weighted by atomic mass is 19.1. The first-order valence-corrected chi connectivity index (χ1v) is 9.51. The lowest BCUT2D eigenvalue weighted by Crippen LogP contribution is -2.46. The van der Waals surface area contributed by atoms with Crippen LogP contribution in [0.25, 0.3) is 11.3 Å². The highest BCUT2D eigenvalue weighted by Crippen LogP contribution is 2.29. The Morgan fingerprint density at radius 2 is 2.11 bits per heavy atom. The SMILES string of the molecule is CN(C(=O)c1cc(-c2ccc(F)c(O)c2)on1)C1=CCNN1C1CCCCC1. The zero-order valence-electron chi connectivity index (χ0n) is 15.7. The van der Waals surface area contributed by atoms with Gasteiger partial charge in [-0.3, -0.25) is 14.7 Å². The zero-order chi connectivity index (χ0) is 19.7. The maximum Gasteiger partial charge on any atom is 0.281 e. The van der Waals surface area contributed by atoms with E-state index < -0.39 is 11.6 Å². The maximum absolute atomic E-state index is 13.2. The van der Waals surface area contributed by atoms with Gasteiger partial charge in [0.2, 0.25) is 0 Å². The van der Waals surface area contributed by atoms with Crippen LogP contribution in [0, 0.1) is 5.82 Å². The van der Waals surface area contributed by atoms with Crippen LogP contribution in [0.5, 0.6) is 5.75 Å². The van der Waals surface area contributed by atoms with Crippen LogP contribution in [0.4, 0.5) is 4.39 Å². The van der Waals surface area contributed by atoms with E-state index in [2.05, 4.69) is 15.6 Å². The third-order valence-corrected chi connectivity index (χ3v) is 5.34. The number of nitrogens with zero attached hydrogens (tertiary/aromatic N) is 3. The number of carbonyl (C=O) groups is 1. The van der Waals surface area contributed by atoms with E-state index in [4.69, 9.17) is 4.52 Å². The predicted molar refractivity (Wildman–Crippen MR) is 100 cm³/mol. The van der Waals surface area contributed by atoms with Gasteiger partial charge in [0.15, 0.2) is 23.0 Å². The smallest absolute Gasteiger partial charge is 0.281 e. The molecule has 2 aromatic rings. The van der Waals surface area contributed by atoms with Gasteiger partial charge in [-0.2, -0.15) is 0 Å². The number of nitrogens with one attached hydrogen (secondary N) is 1. The molecule has 0 unspecified atom stereocenters. The molecule has 8 heteroatoms. The first-order valence-electron chi connectivity index (χ1n) is 9.51. The van der Waals surface area contributed by atoms with Crippen molar-refractivity contribution in [1.29, 1.82) is 0 Å². The average molecular weight is 386 g/mol. The molecule has 1 amide bonds. The van der Waals surface area contributed by atoms with Crippen molar-refractivity contribution in [3.8, 4) is 17.1 Å². The first-order chi connectivity index (χ1) is 13.5. The molecule has 2 heterocycles. The van der Waals surface area contributed by atoms with Gasteiger partial charge in [-0.15, -0.1) is 0 Å². The molecule has 0 saturated heterocycles. The molecule has 0 atom stereocenters. The molecule has 148 valence electrons. The lowest BCUT2D eigenvalue weighted by atomic mass is 9.95. The van der Waals surface area contributed by atoms with E-state index in [0.29, 0.717) is 18.2 Å². The minimum Gasteiger partial charge on any atom is -0.505 e. The molecule has 4 rings (SSSR count). The van der Waals surface area contributed by atoms with Crippen molar-refractivity contribution in [1.82, 2.24) is 20.5 Å². The number of aromatic nitrogens is 1. The van der Waals surface area contributed by atoms with E-state index in [9.17, 15) is 14.3 Å². The molecule has 1 aliphatic heterocycles. The summed E-state index contributed by atoms with van der Waals surface area (Å²) in [5.41, 5.74) is 3.94. The molecule has 28 heavy (non-hydrogen) atoms. The second kappa shape index (κ2) is 7.63. The van der Waals surface area contributed by atoms with Gasteiger partial charge in [0, 0.05) is 31.3 Å². The van der Waals surface area contributed by atoms with E-state index in [1.165, 1.54) is 37.5 Å². The Morgan fingerprint density at radius 3 is 2.86 bits per heavy atom. The van der Waals surface area contributed by atoms with Crippen LogP contribution in [0.15, 0.2) is 40.7 Å². The second-order valence-corrected chi connectivity index (χ2v) is 7.19. The Morgan fingerprint density at radius 1 is 1.32 bits per heavy atom. The number of carbonyl (C=O) groups excluding carboxylic acids is 1. The fourth-order valence-electron chi connectivity index (χ4n) is 3.82. The summed E-state index contributed by atoms with van der Waals surface area (Å²) in [5.74, 6) is -0.389. The topological polar surface area (TPSA) is 81.8 Å². The van der Waals surface area contributed by atoms with Crippen LogP contribution in [-0.2, 0) is 0 Å². The van der Waals surface area contributed by atoms with Gasteiger partial charge in [-0.1, -0.05) is 24.4 Å². The highest BCUT2D eigenvalue weighted by molar-refractivity contribution is 5.94. The Hall–Kier alpha value is -2.87. The summed E-state index contributed by atoms with van der Waals surface area (Å²) < 4.78 is 18.5. The number of halogens is 1. The van der Waals surface area contributed by atoms with Crippen LogP contribution in [-0.4, -0.2) is 45.7 Å². The molecule has 0 spiro atoms. The molecule has 1 fully saturated rings. The van der Waals surface area contributed by atoms with Crippen molar-refractivity contribution < 1.29 is 18.8 Å². The molecule has 1 aliphatic carbocycles. The zero-order valence-corrected chi connectivity index (χ0v) is 15.7.